The normalized spacial score (nSPS) is 11.9. The first-order valence-corrected chi connectivity index (χ1v) is 8.04. The minimum absolute atomic E-state index is 0.0944. The Hall–Kier alpha value is -2.97. The van der Waals surface area contributed by atoms with Crippen molar-refractivity contribution in [1.29, 1.82) is 0 Å². The van der Waals surface area contributed by atoms with Gasteiger partial charge in [0.1, 0.15) is 5.92 Å². The highest BCUT2D eigenvalue weighted by atomic mass is 16.5. The molecule has 1 atom stereocenters. The van der Waals surface area contributed by atoms with Gasteiger partial charge >= 0.3 is 5.76 Å². The Morgan fingerprint density at radius 3 is 2.38 bits per heavy atom. The van der Waals surface area contributed by atoms with Crippen molar-refractivity contribution in [2.24, 2.45) is 5.92 Å². The van der Waals surface area contributed by atoms with Crippen molar-refractivity contribution in [2.45, 2.75) is 26.3 Å². The summed E-state index contributed by atoms with van der Waals surface area (Å²) >= 11 is 0. The summed E-state index contributed by atoms with van der Waals surface area (Å²) in [5, 5.41) is 6.46. The number of H-pyrrole nitrogens is 1. The second kappa shape index (κ2) is 8.41. The molecular weight excluding hydrogens is 342 g/mol. The summed E-state index contributed by atoms with van der Waals surface area (Å²) in [6.45, 7) is 3.91. The molecule has 1 unspecified atom stereocenters. The molecule has 0 saturated carbocycles. The number of ether oxygens (including phenoxy) is 3. The second-order valence-electron chi connectivity index (χ2n) is 5.91. The van der Waals surface area contributed by atoms with Crippen LogP contribution >= 0.6 is 0 Å². The first kappa shape index (κ1) is 19.4. The van der Waals surface area contributed by atoms with E-state index in [4.69, 9.17) is 14.2 Å². The number of nitrogens with zero attached hydrogens (tertiary/aromatic N) is 1. The summed E-state index contributed by atoms with van der Waals surface area (Å²) in [5.41, 5.74) is 0.717. The highest BCUT2D eigenvalue weighted by molar-refractivity contribution is 5.83. The number of carbonyl (C=O) groups excluding carboxylic acids is 1. The molecule has 2 rings (SSSR count). The highest BCUT2D eigenvalue weighted by Crippen LogP contribution is 2.39. The lowest BCUT2D eigenvalue weighted by Gasteiger charge is -2.19. The topological polar surface area (TPSA) is 116 Å². The zero-order valence-corrected chi connectivity index (χ0v) is 15.4. The van der Waals surface area contributed by atoms with E-state index < -0.39 is 11.7 Å². The van der Waals surface area contributed by atoms with Gasteiger partial charge in [0.05, 0.1) is 21.3 Å². The van der Waals surface area contributed by atoms with Gasteiger partial charge in [-0.1, -0.05) is 19.0 Å². The number of hydrogen-bond donors (Lipinski definition) is 2. The molecule has 0 aliphatic heterocycles. The van der Waals surface area contributed by atoms with E-state index in [2.05, 4.69) is 20.0 Å². The largest absolute Gasteiger partial charge is 0.493 e. The van der Waals surface area contributed by atoms with Crippen molar-refractivity contribution >= 4 is 5.91 Å². The zero-order valence-electron chi connectivity index (χ0n) is 15.4. The number of nitrogens with one attached hydrogen (secondary N) is 2. The molecule has 0 aliphatic rings. The molecule has 0 radical (unpaired) electrons. The lowest BCUT2D eigenvalue weighted by Crippen LogP contribution is -2.32. The Kier molecular flexibility index (Phi) is 6.26. The first-order chi connectivity index (χ1) is 12.4. The molecule has 1 amide bonds. The van der Waals surface area contributed by atoms with Crippen LogP contribution in [0.25, 0.3) is 0 Å². The van der Waals surface area contributed by atoms with Gasteiger partial charge in [0, 0.05) is 12.1 Å². The Bertz CT molecular complexity index is 811. The van der Waals surface area contributed by atoms with E-state index in [0.717, 1.165) is 5.56 Å². The summed E-state index contributed by atoms with van der Waals surface area (Å²) < 4.78 is 20.5. The van der Waals surface area contributed by atoms with Crippen molar-refractivity contribution in [3.8, 4) is 17.2 Å². The van der Waals surface area contributed by atoms with E-state index in [1.165, 1.54) is 21.3 Å². The number of aromatic amines is 1. The Morgan fingerprint density at radius 1 is 1.19 bits per heavy atom. The summed E-state index contributed by atoms with van der Waals surface area (Å²) in [6.07, 6.45) is 0. The van der Waals surface area contributed by atoms with Crippen LogP contribution in [0.3, 0.4) is 0 Å². The predicted molar refractivity (Wildman–Crippen MR) is 92.6 cm³/mol. The van der Waals surface area contributed by atoms with Gasteiger partial charge < -0.3 is 19.5 Å². The lowest BCUT2D eigenvalue weighted by molar-refractivity contribution is -0.123. The van der Waals surface area contributed by atoms with Crippen molar-refractivity contribution < 1.29 is 23.5 Å². The molecule has 0 fully saturated rings. The van der Waals surface area contributed by atoms with Gasteiger partial charge in [-0.05, 0) is 18.1 Å². The van der Waals surface area contributed by atoms with E-state index in [0.29, 0.717) is 17.2 Å². The maximum atomic E-state index is 12.6. The summed E-state index contributed by atoms with van der Waals surface area (Å²) in [7, 11) is 4.56. The minimum atomic E-state index is -0.694. The van der Waals surface area contributed by atoms with Crippen LogP contribution in [-0.4, -0.2) is 37.4 Å². The fourth-order valence-electron chi connectivity index (χ4n) is 2.71. The number of hydrogen-bond acceptors (Lipinski definition) is 7. The number of aromatic nitrogens is 2. The van der Waals surface area contributed by atoms with Crippen LogP contribution in [0.4, 0.5) is 0 Å². The Balaban J connectivity index is 2.21. The molecule has 9 heteroatoms. The average molecular weight is 365 g/mol. The van der Waals surface area contributed by atoms with Crippen LogP contribution in [0.2, 0.25) is 0 Å². The highest BCUT2D eigenvalue weighted by Gasteiger charge is 2.28. The molecule has 0 spiro atoms. The smallest absolute Gasteiger partial charge is 0.438 e. The fraction of sp³-hybridized carbons (Fsp3) is 0.471. The molecule has 2 N–H and O–H groups in total. The molecule has 26 heavy (non-hydrogen) atoms. The van der Waals surface area contributed by atoms with Crippen LogP contribution in [0.15, 0.2) is 21.5 Å². The zero-order chi connectivity index (χ0) is 19.3. The summed E-state index contributed by atoms with van der Waals surface area (Å²) in [4.78, 5) is 26.2. The van der Waals surface area contributed by atoms with E-state index >= 15 is 0 Å². The monoisotopic (exact) mass is 365 g/mol. The summed E-state index contributed by atoms with van der Waals surface area (Å²) in [5.74, 6) is -0.0791. The van der Waals surface area contributed by atoms with Crippen molar-refractivity contribution in [3.63, 3.8) is 0 Å². The van der Waals surface area contributed by atoms with Gasteiger partial charge in [-0.25, -0.2) is 4.79 Å². The number of rotatable bonds is 8. The lowest BCUT2D eigenvalue weighted by atomic mass is 9.94. The molecule has 1 aromatic heterocycles. The molecule has 1 aromatic carbocycles. The SMILES string of the molecule is COc1ccc(CNC(=O)C(c2noc(=O)[nH]2)C(C)C)c(OC)c1OC. The number of benzene rings is 1. The quantitative estimate of drug-likeness (QED) is 0.727. The van der Waals surface area contributed by atoms with Crippen LogP contribution < -0.4 is 25.3 Å². The maximum Gasteiger partial charge on any atom is 0.438 e. The fourth-order valence-corrected chi connectivity index (χ4v) is 2.71. The van der Waals surface area contributed by atoms with E-state index in [1.807, 2.05) is 13.8 Å². The summed E-state index contributed by atoms with van der Waals surface area (Å²) in [6, 6.07) is 3.51. The molecule has 142 valence electrons. The molecule has 2 aromatic rings. The number of carbonyl (C=O) groups is 1. The third-order valence-corrected chi connectivity index (χ3v) is 3.94. The molecule has 0 aliphatic carbocycles. The molecule has 0 bridgehead atoms. The van der Waals surface area contributed by atoms with Crippen molar-refractivity contribution in [3.05, 3.63) is 34.1 Å². The Labute approximate surface area is 150 Å². The predicted octanol–water partition coefficient (Wildman–Crippen LogP) is 1.44. The van der Waals surface area contributed by atoms with Gasteiger partial charge in [-0.15, -0.1) is 0 Å². The Morgan fingerprint density at radius 2 is 1.88 bits per heavy atom. The average Bonchev–Trinajstić information content (AvgIpc) is 3.04. The van der Waals surface area contributed by atoms with Gasteiger partial charge in [0.15, 0.2) is 17.3 Å². The van der Waals surface area contributed by atoms with Crippen molar-refractivity contribution in [2.75, 3.05) is 21.3 Å². The maximum absolute atomic E-state index is 12.6. The van der Waals surface area contributed by atoms with Crippen LogP contribution in [0.1, 0.15) is 31.2 Å². The van der Waals surface area contributed by atoms with E-state index in [1.54, 1.807) is 12.1 Å². The second-order valence-corrected chi connectivity index (χ2v) is 5.91. The van der Waals surface area contributed by atoms with E-state index in [9.17, 15) is 9.59 Å². The van der Waals surface area contributed by atoms with Gasteiger partial charge in [-0.3, -0.25) is 14.3 Å². The van der Waals surface area contributed by atoms with Crippen LogP contribution in [0.5, 0.6) is 17.2 Å². The number of methoxy groups -OCH3 is 3. The first-order valence-electron chi connectivity index (χ1n) is 8.04. The third kappa shape index (κ3) is 3.98. The molecule has 1 heterocycles. The molecule has 9 nitrogen and oxygen atoms in total. The molecule has 0 saturated heterocycles. The minimum Gasteiger partial charge on any atom is -0.493 e. The third-order valence-electron chi connectivity index (χ3n) is 3.94. The molecular formula is C17H23N3O6. The number of amides is 1. The standard InChI is InChI=1S/C17H23N3O6/c1-9(2)12(15-19-17(22)26-20-15)16(21)18-8-10-6-7-11(23-3)14(25-5)13(10)24-4/h6-7,9,12H,8H2,1-5H3,(H,18,21)(H,19,20,22). The van der Waals surface area contributed by atoms with E-state index in [-0.39, 0.29) is 24.2 Å². The van der Waals surface area contributed by atoms with Gasteiger partial charge in [0.25, 0.3) is 0 Å². The van der Waals surface area contributed by atoms with Crippen LogP contribution in [0, 0.1) is 5.92 Å². The van der Waals surface area contributed by atoms with Gasteiger partial charge in [0.2, 0.25) is 11.7 Å². The van der Waals surface area contributed by atoms with Crippen molar-refractivity contribution in [1.82, 2.24) is 15.5 Å². The van der Waals surface area contributed by atoms with Crippen LogP contribution in [-0.2, 0) is 11.3 Å². The van der Waals surface area contributed by atoms with Gasteiger partial charge in [-0.2, -0.15) is 0 Å².